The van der Waals surface area contributed by atoms with Gasteiger partial charge in [-0.25, -0.2) is 4.79 Å². The molecule has 1 aromatic carbocycles. The normalized spacial score (nSPS) is 10.2. The summed E-state index contributed by atoms with van der Waals surface area (Å²) in [5, 5.41) is 10.8. The number of aromatic nitrogens is 1. The molecule has 0 spiro atoms. The number of ether oxygens (including phenoxy) is 1. The molecular formula is C11H9NO3. The Hall–Kier alpha value is -2.10. The highest BCUT2D eigenvalue weighted by molar-refractivity contribution is 6.04. The first-order chi connectivity index (χ1) is 7.22. The number of hydrogen-bond donors (Lipinski definition) is 1. The topological polar surface area (TPSA) is 59.4 Å². The van der Waals surface area contributed by atoms with Gasteiger partial charge in [0.2, 0.25) is 0 Å². The van der Waals surface area contributed by atoms with Crippen LogP contribution >= 0.6 is 0 Å². The van der Waals surface area contributed by atoms with Crippen molar-refractivity contribution in [3.05, 3.63) is 36.2 Å². The number of benzene rings is 1. The largest absolute Gasteiger partial charge is 0.508 e. The number of aromatic hydroxyl groups is 1. The van der Waals surface area contributed by atoms with Gasteiger partial charge in [0.25, 0.3) is 0 Å². The van der Waals surface area contributed by atoms with E-state index in [0.29, 0.717) is 10.9 Å². The van der Waals surface area contributed by atoms with E-state index < -0.39 is 5.97 Å². The zero-order valence-electron chi connectivity index (χ0n) is 8.10. The molecule has 1 N–H and O–H groups in total. The lowest BCUT2D eigenvalue weighted by molar-refractivity contribution is 0.0602. The van der Waals surface area contributed by atoms with E-state index in [-0.39, 0.29) is 5.75 Å². The summed E-state index contributed by atoms with van der Waals surface area (Å²) < 4.78 is 4.63. The maximum atomic E-state index is 11.4. The fourth-order valence-electron chi connectivity index (χ4n) is 1.47. The molecule has 0 aliphatic heterocycles. The number of carbonyl (C=O) groups excluding carboxylic acids is 1. The SMILES string of the molecule is COC(=O)c1cc(O)cc2cnccc12. The van der Waals surface area contributed by atoms with Crippen LogP contribution in [0.4, 0.5) is 0 Å². The second-order valence-corrected chi connectivity index (χ2v) is 3.08. The standard InChI is InChI=1S/C11H9NO3/c1-15-11(14)10-5-8(13)4-7-6-12-3-2-9(7)10/h2-6,13H,1H3. The minimum atomic E-state index is -0.470. The molecule has 2 rings (SSSR count). The van der Waals surface area contributed by atoms with Crippen LogP contribution in [0.2, 0.25) is 0 Å². The number of pyridine rings is 1. The van der Waals surface area contributed by atoms with Gasteiger partial charge in [-0.15, -0.1) is 0 Å². The van der Waals surface area contributed by atoms with Gasteiger partial charge in [0.15, 0.2) is 0 Å². The van der Waals surface area contributed by atoms with Crippen molar-refractivity contribution < 1.29 is 14.6 Å². The number of phenolic OH excluding ortho intramolecular Hbond substituents is 1. The van der Waals surface area contributed by atoms with Crippen molar-refractivity contribution >= 4 is 16.7 Å². The molecule has 1 heterocycles. The van der Waals surface area contributed by atoms with Gasteiger partial charge in [0.1, 0.15) is 5.75 Å². The summed E-state index contributed by atoms with van der Waals surface area (Å²) in [4.78, 5) is 15.3. The van der Waals surface area contributed by atoms with Crippen molar-refractivity contribution in [2.45, 2.75) is 0 Å². The van der Waals surface area contributed by atoms with Crippen LogP contribution in [0.15, 0.2) is 30.6 Å². The number of fused-ring (bicyclic) bond motifs is 1. The van der Waals surface area contributed by atoms with Crippen LogP contribution in [0.1, 0.15) is 10.4 Å². The Labute approximate surface area is 86.1 Å². The van der Waals surface area contributed by atoms with Gasteiger partial charge >= 0.3 is 5.97 Å². The predicted octanol–water partition coefficient (Wildman–Crippen LogP) is 1.73. The van der Waals surface area contributed by atoms with Crippen LogP contribution in [0.25, 0.3) is 10.8 Å². The third kappa shape index (κ3) is 1.61. The number of phenols is 1. The van der Waals surface area contributed by atoms with E-state index in [0.717, 1.165) is 5.39 Å². The lowest BCUT2D eigenvalue weighted by atomic mass is 10.1. The number of nitrogens with zero attached hydrogens (tertiary/aromatic N) is 1. The smallest absolute Gasteiger partial charge is 0.338 e. The predicted molar refractivity (Wildman–Crippen MR) is 54.7 cm³/mol. The Morgan fingerprint density at radius 1 is 1.47 bits per heavy atom. The maximum absolute atomic E-state index is 11.4. The van der Waals surface area contributed by atoms with Crippen molar-refractivity contribution in [1.82, 2.24) is 4.98 Å². The number of methoxy groups -OCH3 is 1. The molecule has 2 aromatic rings. The minimum Gasteiger partial charge on any atom is -0.508 e. The third-order valence-corrected chi connectivity index (χ3v) is 2.14. The summed E-state index contributed by atoms with van der Waals surface area (Å²) >= 11 is 0. The van der Waals surface area contributed by atoms with Gasteiger partial charge < -0.3 is 9.84 Å². The molecule has 0 aliphatic carbocycles. The fourth-order valence-corrected chi connectivity index (χ4v) is 1.47. The molecule has 0 atom stereocenters. The minimum absolute atomic E-state index is 0.0240. The van der Waals surface area contributed by atoms with E-state index in [9.17, 15) is 9.90 Å². The van der Waals surface area contributed by atoms with Crippen LogP contribution in [0, 0.1) is 0 Å². The first-order valence-corrected chi connectivity index (χ1v) is 4.37. The molecule has 0 amide bonds. The summed E-state index contributed by atoms with van der Waals surface area (Å²) in [6.07, 6.45) is 3.17. The fraction of sp³-hybridized carbons (Fsp3) is 0.0909. The average molecular weight is 203 g/mol. The molecule has 15 heavy (non-hydrogen) atoms. The summed E-state index contributed by atoms with van der Waals surface area (Å²) in [6, 6.07) is 4.64. The molecule has 0 unspecified atom stereocenters. The Morgan fingerprint density at radius 2 is 2.27 bits per heavy atom. The first kappa shape index (κ1) is 9.45. The quantitative estimate of drug-likeness (QED) is 0.717. The Balaban J connectivity index is 2.76. The molecule has 0 aliphatic rings. The van der Waals surface area contributed by atoms with Gasteiger partial charge in [-0.2, -0.15) is 0 Å². The first-order valence-electron chi connectivity index (χ1n) is 4.37. The molecular weight excluding hydrogens is 194 g/mol. The van der Waals surface area contributed by atoms with Gasteiger partial charge in [-0.05, 0) is 23.6 Å². The Bertz CT molecular complexity index is 522. The Morgan fingerprint density at radius 3 is 3.00 bits per heavy atom. The molecule has 1 aromatic heterocycles. The second-order valence-electron chi connectivity index (χ2n) is 3.08. The third-order valence-electron chi connectivity index (χ3n) is 2.14. The molecule has 0 fully saturated rings. The molecule has 0 saturated carbocycles. The molecule has 4 heteroatoms. The number of hydrogen-bond acceptors (Lipinski definition) is 4. The summed E-state index contributed by atoms with van der Waals surface area (Å²) in [6.45, 7) is 0. The van der Waals surface area contributed by atoms with Gasteiger partial charge in [0.05, 0.1) is 12.7 Å². The lowest BCUT2D eigenvalue weighted by Gasteiger charge is -2.04. The molecule has 76 valence electrons. The van der Waals surface area contributed by atoms with Gasteiger partial charge in [-0.3, -0.25) is 4.98 Å². The summed E-state index contributed by atoms with van der Waals surface area (Å²) in [5.41, 5.74) is 0.343. The Kier molecular flexibility index (Phi) is 2.25. The van der Waals surface area contributed by atoms with E-state index >= 15 is 0 Å². The average Bonchev–Trinajstić information content (AvgIpc) is 2.26. The molecule has 4 nitrogen and oxygen atoms in total. The van der Waals surface area contributed by atoms with Crippen LogP contribution in [-0.4, -0.2) is 23.2 Å². The molecule has 0 bridgehead atoms. The van der Waals surface area contributed by atoms with E-state index in [1.807, 2.05) is 0 Å². The monoisotopic (exact) mass is 203 g/mol. The van der Waals surface area contributed by atoms with E-state index in [1.165, 1.54) is 13.2 Å². The van der Waals surface area contributed by atoms with E-state index in [2.05, 4.69) is 9.72 Å². The van der Waals surface area contributed by atoms with Crippen molar-refractivity contribution in [3.63, 3.8) is 0 Å². The van der Waals surface area contributed by atoms with Crippen LogP contribution in [0.5, 0.6) is 5.75 Å². The second kappa shape index (κ2) is 3.57. The number of esters is 1. The molecule has 0 saturated heterocycles. The highest BCUT2D eigenvalue weighted by Crippen LogP contribution is 2.24. The maximum Gasteiger partial charge on any atom is 0.338 e. The van der Waals surface area contributed by atoms with E-state index in [4.69, 9.17) is 0 Å². The highest BCUT2D eigenvalue weighted by atomic mass is 16.5. The van der Waals surface area contributed by atoms with Crippen molar-refractivity contribution in [1.29, 1.82) is 0 Å². The zero-order chi connectivity index (χ0) is 10.8. The van der Waals surface area contributed by atoms with Crippen LogP contribution in [-0.2, 0) is 4.74 Å². The lowest BCUT2D eigenvalue weighted by Crippen LogP contribution is -2.01. The van der Waals surface area contributed by atoms with Gasteiger partial charge in [0, 0.05) is 17.8 Å². The van der Waals surface area contributed by atoms with E-state index in [1.54, 1.807) is 24.5 Å². The summed E-state index contributed by atoms with van der Waals surface area (Å²) in [5.74, 6) is -0.446. The summed E-state index contributed by atoms with van der Waals surface area (Å²) in [7, 11) is 1.30. The van der Waals surface area contributed by atoms with Crippen molar-refractivity contribution in [3.8, 4) is 5.75 Å². The zero-order valence-corrected chi connectivity index (χ0v) is 8.10. The number of rotatable bonds is 1. The van der Waals surface area contributed by atoms with Crippen molar-refractivity contribution in [2.75, 3.05) is 7.11 Å². The van der Waals surface area contributed by atoms with Crippen molar-refractivity contribution in [2.24, 2.45) is 0 Å². The number of carbonyl (C=O) groups is 1. The van der Waals surface area contributed by atoms with Crippen LogP contribution < -0.4 is 0 Å². The van der Waals surface area contributed by atoms with Crippen LogP contribution in [0.3, 0.4) is 0 Å². The van der Waals surface area contributed by atoms with Gasteiger partial charge in [-0.1, -0.05) is 0 Å². The highest BCUT2D eigenvalue weighted by Gasteiger charge is 2.11. The molecule has 0 radical (unpaired) electrons.